The van der Waals surface area contributed by atoms with Gasteiger partial charge in [-0.05, 0) is 11.8 Å². The highest BCUT2D eigenvalue weighted by atomic mass is 31.1. The van der Waals surface area contributed by atoms with Crippen LogP contribution < -0.4 is 4.89 Å². The number of rotatable bonds is 6. The highest BCUT2D eigenvalue weighted by molar-refractivity contribution is 7.40. The zero-order valence-electron chi connectivity index (χ0n) is 13.6. The second-order valence-corrected chi connectivity index (χ2v) is 8.05. The molecule has 0 radical (unpaired) electrons. The molecule has 19 heavy (non-hydrogen) atoms. The van der Waals surface area contributed by atoms with Gasteiger partial charge in [0.25, 0.3) is 0 Å². The van der Waals surface area contributed by atoms with Crippen LogP contribution in [0.3, 0.4) is 0 Å². The Kier molecular flexibility index (Phi) is 6.18. The van der Waals surface area contributed by atoms with Gasteiger partial charge in [-0.1, -0.05) is 55.4 Å². The fraction of sp³-hybridized carbons (Fsp3) is 0.933. The fourth-order valence-electron chi connectivity index (χ4n) is 4.20. The molecular weight excluding hydrogens is 255 g/mol. The van der Waals surface area contributed by atoms with Crippen LogP contribution in [0.15, 0.2) is 0 Å². The molecule has 0 spiro atoms. The van der Waals surface area contributed by atoms with Crippen LogP contribution in [0.4, 0.5) is 0 Å². The number of nitrogens with one attached hydrogen (secondary N) is 1. The summed E-state index contributed by atoms with van der Waals surface area (Å²) in [5, 5.41) is 17.2. The molecular formula is C15H29N2OP. The molecule has 1 unspecified atom stereocenters. The monoisotopic (exact) mass is 284 g/mol. The Morgan fingerprint density at radius 1 is 0.895 bits per heavy atom. The first kappa shape index (κ1) is 18.6. The lowest BCUT2D eigenvalue weighted by Gasteiger charge is -2.51. The van der Waals surface area contributed by atoms with Crippen LogP contribution in [0.1, 0.15) is 55.4 Å². The number of hydrogen-bond acceptors (Lipinski definition) is 3. The summed E-state index contributed by atoms with van der Waals surface area (Å²) in [5.41, 5.74) is -0.745. The summed E-state index contributed by atoms with van der Waals surface area (Å²) in [6.07, 6.45) is 0. The van der Waals surface area contributed by atoms with Gasteiger partial charge in [0, 0.05) is 11.8 Å². The summed E-state index contributed by atoms with van der Waals surface area (Å²) < 4.78 is 0. The Morgan fingerprint density at radius 3 is 1.26 bits per heavy atom. The van der Waals surface area contributed by atoms with Crippen LogP contribution >= 0.6 is 7.94 Å². The average Bonchev–Trinajstić information content (AvgIpc) is 2.22. The number of nitriles is 1. The van der Waals surface area contributed by atoms with Crippen LogP contribution in [0, 0.1) is 45.6 Å². The van der Waals surface area contributed by atoms with Crippen LogP contribution in [0.5, 0.6) is 0 Å². The second-order valence-electron chi connectivity index (χ2n) is 6.72. The molecule has 110 valence electrons. The lowest BCUT2D eigenvalue weighted by molar-refractivity contribution is -0.170. The molecule has 0 rings (SSSR count). The van der Waals surface area contributed by atoms with Gasteiger partial charge in [-0.15, -0.1) is 5.16 Å². The molecule has 0 saturated carbocycles. The highest BCUT2D eigenvalue weighted by Gasteiger charge is 2.65. The van der Waals surface area contributed by atoms with Crippen molar-refractivity contribution in [3.05, 3.63) is 0 Å². The van der Waals surface area contributed by atoms with E-state index in [4.69, 9.17) is 5.16 Å². The quantitative estimate of drug-likeness (QED) is 0.735. The molecule has 4 heteroatoms. The summed E-state index contributed by atoms with van der Waals surface area (Å²) in [4.78, 5) is 12.4. The highest BCUT2D eigenvalue weighted by Crippen LogP contribution is 2.62. The van der Waals surface area contributed by atoms with Crippen molar-refractivity contribution in [2.24, 2.45) is 29.1 Å². The van der Waals surface area contributed by atoms with Crippen LogP contribution in [-0.2, 0) is 0 Å². The fourth-order valence-corrected chi connectivity index (χ4v) is 6.04. The van der Waals surface area contributed by atoms with Crippen molar-refractivity contribution in [3.8, 4) is 6.07 Å². The van der Waals surface area contributed by atoms with Crippen molar-refractivity contribution in [2.45, 2.75) is 60.5 Å². The molecule has 0 bridgehead atoms. The Balaban J connectivity index is 6.54. The zero-order valence-corrected chi connectivity index (χ0v) is 14.5. The normalized spacial score (nSPS) is 14.4. The lowest BCUT2D eigenvalue weighted by atomic mass is 9.55. The molecule has 1 N–H and O–H groups in total. The van der Waals surface area contributed by atoms with Gasteiger partial charge >= 0.3 is 0 Å². The molecule has 0 heterocycles. The van der Waals surface area contributed by atoms with E-state index in [2.05, 4.69) is 6.07 Å². The first-order chi connectivity index (χ1) is 8.53. The zero-order chi connectivity index (χ0) is 15.6. The topological polar surface area (TPSA) is 70.7 Å². The lowest BCUT2D eigenvalue weighted by Crippen LogP contribution is -2.58. The largest absolute Gasteiger partial charge is 0.612 e. The van der Waals surface area contributed by atoms with E-state index in [1.165, 1.54) is 0 Å². The van der Waals surface area contributed by atoms with Crippen molar-refractivity contribution in [3.63, 3.8) is 0 Å². The Labute approximate surface area is 119 Å². The molecule has 0 aliphatic heterocycles. The molecule has 0 amide bonds. The first-order valence-electron chi connectivity index (χ1n) is 7.13. The van der Waals surface area contributed by atoms with Gasteiger partial charge in [0.05, 0.1) is 6.07 Å². The minimum atomic E-state index is -2.21. The molecule has 0 aliphatic carbocycles. The van der Waals surface area contributed by atoms with Crippen molar-refractivity contribution in [1.82, 2.24) is 0 Å². The van der Waals surface area contributed by atoms with E-state index >= 15 is 0 Å². The van der Waals surface area contributed by atoms with Crippen LogP contribution in [0.2, 0.25) is 0 Å². The summed E-state index contributed by atoms with van der Waals surface area (Å²) in [7, 11) is -2.21. The van der Waals surface area contributed by atoms with Gasteiger partial charge in [0.1, 0.15) is 5.41 Å². The first-order valence-corrected chi connectivity index (χ1v) is 8.39. The standard InChI is InChI=1S/C15H29N2OP/c1-10(2)14(9-16,11(3)4)15(12(5)6,13(7)8)19(17)18/h10-13,17H,1-8H3. The van der Waals surface area contributed by atoms with Gasteiger partial charge in [-0.2, -0.15) is 5.26 Å². The van der Waals surface area contributed by atoms with Crippen LogP contribution in [-0.4, -0.2) is 5.16 Å². The van der Waals surface area contributed by atoms with E-state index in [9.17, 15) is 10.2 Å². The van der Waals surface area contributed by atoms with Gasteiger partial charge in [-0.25, -0.2) is 0 Å². The van der Waals surface area contributed by atoms with E-state index < -0.39 is 18.5 Å². The Bertz CT molecular complexity index is 351. The second kappa shape index (κ2) is 6.33. The van der Waals surface area contributed by atoms with E-state index in [0.29, 0.717) is 0 Å². The van der Waals surface area contributed by atoms with Crippen molar-refractivity contribution in [2.75, 3.05) is 0 Å². The predicted octanol–water partition coefficient (Wildman–Crippen LogP) is 4.38. The number of hydrogen-bond donors (Lipinski definition) is 1. The molecule has 1 atom stereocenters. The summed E-state index contributed by atoms with van der Waals surface area (Å²) in [5.74, 6) is 0.175. The minimum Gasteiger partial charge on any atom is -0.612 e. The van der Waals surface area contributed by atoms with E-state index in [1.807, 2.05) is 55.4 Å². The Morgan fingerprint density at radius 2 is 1.21 bits per heavy atom. The molecule has 0 aliphatic rings. The van der Waals surface area contributed by atoms with Crippen LogP contribution in [0.25, 0.3) is 0 Å². The molecule has 3 nitrogen and oxygen atoms in total. The van der Waals surface area contributed by atoms with Crippen molar-refractivity contribution < 1.29 is 4.89 Å². The maximum absolute atomic E-state index is 12.4. The SMILES string of the molecule is CC(C)C(C#N)(C(C)C)C(C(C)C)(C(C)C)[P+](=N)[O-]. The van der Waals surface area contributed by atoms with E-state index in [-0.39, 0.29) is 23.7 Å². The molecule has 0 aromatic carbocycles. The maximum atomic E-state index is 12.4. The summed E-state index contributed by atoms with van der Waals surface area (Å²) >= 11 is 0. The molecule has 0 saturated heterocycles. The molecule has 0 aromatic rings. The summed E-state index contributed by atoms with van der Waals surface area (Å²) in [6, 6.07) is 2.50. The Hall–Kier alpha value is -0.450. The third-order valence-electron chi connectivity index (χ3n) is 4.77. The average molecular weight is 284 g/mol. The van der Waals surface area contributed by atoms with E-state index in [1.54, 1.807) is 0 Å². The minimum absolute atomic E-state index is 0.0260. The van der Waals surface area contributed by atoms with E-state index in [0.717, 1.165) is 0 Å². The predicted molar refractivity (Wildman–Crippen MR) is 79.8 cm³/mol. The summed E-state index contributed by atoms with van der Waals surface area (Å²) in [6.45, 7) is 16.1. The van der Waals surface area contributed by atoms with Gasteiger partial charge in [0.2, 0.25) is 0 Å². The van der Waals surface area contributed by atoms with Gasteiger partial charge < -0.3 is 4.89 Å². The third-order valence-corrected chi connectivity index (χ3v) is 6.84. The van der Waals surface area contributed by atoms with Gasteiger partial charge in [0.15, 0.2) is 13.1 Å². The third kappa shape index (κ3) is 2.46. The number of nitrogens with zero attached hydrogens (tertiary/aromatic N) is 1. The molecule has 0 aromatic heterocycles. The maximum Gasteiger partial charge on any atom is 0.168 e. The van der Waals surface area contributed by atoms with Crippen molar-refractivity contribution >= 4 is 7.94 Å². The smallest absolute Gasteiger partial charge is 0.168 e. The van der Waals surface area contributed by atoms with Crippen molar-refractivity contribution in [1.29, 1.82) is 10.4 Å². The molecule has 0 fully saturated rings. The van der Waals surface area contributed by atoms with Gasteiger partial charge in [-0.3, -0.25) is 0 Å².